The predicted molar refractivity (Wildman–Crippen MR) is 142 cm³/mol. The molecule has 0 aromatic rings. The van der Waals surface area contributed by atoms with Crippen LogP contribution >= 0.6 is 0 Å². The van der Waals surface area contributed by atoms with Crippen LogP contribution in [0.2, 0.25) is 0 Å². The molecule has 0 spiro atoms. The maximum absolute atomic E-state index is 11.8. The standard InChI is InChI=1S/C30H60O2/c1-4-5-6-7-8-9-10-11-12-13-16-19-22-25-28-32-30(31)27-24-21-18-15-14-17-20-23-26-29(2)3/h29H,4-28H2,1-3H3. The summed E-state index contributed by atoms with van der Waals surface area (Å²) in [6.45, 7) is 7.54. The van der Waals surface area contributed by atoms with Gasteiger partial charge in [0.05, 0.1) is 6.61 Å². The molecular weight excluding hydrogens is 392 g/mol. The summed E-state index contributed by atoms with van der Waals surface area (Å²) in [5, 5.41) is 0. The molecule has 0 saturated carbocycles. The monoisotopic (exact) mass is 452 g/mol. The van der Waals surface area contributed by atoms with Crippen LogP contribution < -0.4 is 0 Å². The van der Waals surface area contributed by atoms with E-state index in [0.29, 0.717) is 13.0 Å². The van der Waals surface area contributed by atoms with Crippen molar-refractivity contribution in [1.29, 1.82) is 0 Å². The summed E-state index contributed by atoms with van der Waals surface area (Å²) in [4.78, 5) is 11.8. The minimum absolute atomic E-state index is 0.0216. The zero-order chi connectivity index (χ0) is 23.5. The van der Waals surface area contributed by atoms with Gasteiger partial charge in [0.2, 0.25) is 0 Å². The highest BCUT2D eigenvalue weighted by molar-refractivity contribution is 5.69. The first-order valence-electron chi connectivity index (χ1n) is 14.8. The number of esters is 1. The normalized spacial score (nSPS) is 11.4. The van der Waals surface area contributed by atoms with Crippen molar-refractivity contribution in [2.75, 3.05) is 6.61 Å². The number of hydrogen-bond acceptors (Lipinski definition) is 2. The minimum atomic E-state index is 0.0216. The van der Waals surface area contributed by atoms with E-state index in [2.05, 4.69) is 20.8 Å². The maximum atomic E-state index is 11.8. The zero-order valence-electron chi connectivity index (χ0n) is 22.6. The molecule has 0 rings (SSSR count). The van der Waals surface area contributed by atoms with Crippen LogP contribution in [0.5, 0.6) is 0 Å². The fourth-order valence-electron chi connectivity index (χ4n) is 4.44. The van der Waals surface area contributed by atoms with E-state index in [4.69, 9.17) is 4.74 Å². The third-order valence-corrected chi connectivity index (χ3v) is 6.67. The molecule has 0 heterocycles. The summed E-state index contributed by atoms with van der Waals surface area (Å²) < 4.78 is 5.40. The van der Waals surface area contributed by atoms with Crippen LogP contribution in [0.25, 0.3) is 0 Å². The molecule has 0 unspecified atom stereocenters. The van der Waals surface area contributed by atoms with Crippen LogP contribution in [-0.2, 0) is 9.53 Å². The van der Waals surface area contributed by atoms with E-state index >= 15 is 0 Å². The maximum Gasteiger partial charge on any atom is 0.305 e. The molecule has 0 amide bonds. The molecule has 0 aliphatic carbocycles. The van der Waals surface area contributed by atoms with E-state index in [1.165, 1.54) is 135 Å². The first kappa shape index (κ1) is 31.5. The molecule has 0 radical (unpaired) electrons. The van der Waals surface area contributed by atoms with E-state index < -0.39 is 0 Å². The number of carbonyl (C=O) groups excluding carboxylic acids is 1. The average molecular weight is 453 g/mol. The van der Waals surface area contributed by atoms with E-state index in [1.807, 2.05) is 0 Å². The molecule has 192 valence electrons. The molecule has 0 atom stereocenters. The average Bonchev–Trinajstić information content (AvgIpc) is 2.77. The van der Waals surface area contributed by atoms with Crippen molar-refractivity contribution in [2.24, 2.45) is 5.92 Å². The van der Waals surface area contributed by atoms with Crippen LogP contribution in [0.4, 0.5) is 0 Å². The zero-order valence-corrected chi connectivity index (χ0v) is 22.6. The summed E-state index contributed by atoms with van der Waals surface area (Å²) in [6, 6.07) is 0. The number of hydrogen-bond donors (Lipinski definition) is 0. The number of rotatable bonds is 26. The lowest BCUT2D eigenvalue weighted by atomic mass is 10.0. The molecule has 0 aromatic heterocycles. The fraction of sp³-hybridized carbons (Fsp3) is 0.967. The summed E-state index contributed by atoms with van der Waals surface area (Å²) >= 11 is 0. The largest absolute Gasteiger partial charge is 0.466 e. The molecule has 0 aliphatic heterocycles. The highest BCUT2D eigenvalue weighted by atomic mass is 16.5. The van der Waals surface area contributed by atoms with Crippen molar-refractivity contribution in [2.45, 2.75) is 175 Å². The van der Waals surface area contributed by atoms with E-state index in [-0.39, 0.29) is 5.97 Å². The molecular formula is C30H60O2. The first-order valence-corrected chi connectivity index (χ1v) is 14.8. The highest BCUT2D eigenvalue weighted by Gasteiger charge is 2.03. The second-order valence-corrected chi connectivity index (χ2v) is 10.6. The SMILES string of the molecule is CCCCCCCCCCCCCCCCOC(=O)CCCCCCCCCCC(C)C. The van der Waals surface area contributed by atoms with E-state index in [1.54, 1.807) is 0 Å². The molecule has 0 saturated heterocycles. The molecule has 0 aromatic carbocycles. The molecule has 0 bridgehead atoms. The quantitative estimate of drug-likeness (QED) is 0.0963. The third-order valence-electron chi connectivity index (χ3n) is 6.67. The Morgan fingerprint density at radius 1 is 0.531 bits per heavy atom. The van der Waals surface area contributed by atoms with E-state index in [0.717, 1.165) is 18.8 Å². The van der Waals surface area contributed by atoms with Gasteiger partial charge in [-0.2, -0.15) is 0 Å². The van der Waals surface area contributed by atoms with Crippen LogP contribution in [0.15, 0.2) is 0 Å². The number of ether oxygens (including phenoxy) is 1. The van der Waals surface area contributed by atoms with Gasteiger partial charge in [-0.15, -0.1) is 0 Å². The Morgan fingerprint density at radius 3 is 1.34 bits per heavy atom. The Hall–Kier alpha value is -0.530. The summed E-state index contributed by atoms with van der Waals surface area (Å²) in [7, 11) is 0. The van der Waals surface area contributed by atoms with Gasteiger partial charge in [0.15, 0.2) is 0 Å². The Bertz CT molecular complexity index is 364. The molecule has 2 heteroatoms. The van der Waals surface area contributed by atoms with Crippen molar-refractivity contribution < 1.29 is 9.53 Å². The van der Waals surface area contributed by atoms with Gasteiger partial charge in [0, 0.05) is 6.42 Å². The first-order chi connectivity index (χ1) is 15.7. The van der Waals surface area contributed by atoms with Crippen molar-refractivity contribution in [1.82, 2.24) is 0 Å². The number of carbonyl (C=O) groups is 1. The molecule has 2 nitrogen and oxygen atoms in total. The van der Waals surface area contributed by atoms with Gasteiger partial charge in [0.25, 0.3) is 0 Å². The highest BCUT2D eigenvalue weighted by Crippen LogP contribution is 2.14. The van der Waals surface area contributed by atoms with Crippen molar-refractivity contribution in [3.63, 3.8) is 0 Å². The van der Waals surface area contributed by atoms with Crippen LogP contribution in [0.1, 0.15) is 175 Å². The van der Waals surface area contributed by atoms with Gasteiger partial charge in [0.1, 0.15) is 0 Å². The van der Waals surface area contributed by atoms with Gasteiger partial charge >= 0.3 is 5.97 Å². The van der Waals surface area contributed by atoms with Gasteiger partial charge < -0.3 is 4.74 Å². The van der Waals surface area contributed by atoms with Crippen LogP contribution in [0, 0.1) is 5.92 Å². The van der Waals surface area contributed by atoms with Gasteiger partial charge in [-0.1, -0.05) is 156 Å². The van der Waals surface area contributed by atoms with Crippen molar-refractivity contribution >= 4 is 5.97 Å². The molecule has 0 fully saturated rings. The lowest BCUT2D eigenvalue weighted by molar-refractivity contribution is -0.143. The summed E-state index contributed by atoms with van der Waals surface area (Å²) in [5.74, 6) is 0.873. The molecule has 0 aliphatic rings. The predicted octanol–water partition coefficient (Wildman–Crippen LogP) is 10.6. The van der Waals surface area contributed by atoms with Gasteiger partial charge in [-0.05, 0) is 18.8 Å². The Kier molecular flexibility index (Phi) is 26.3. The molecule has 0 N–H and O–H groups in total. The topological polar surface area (TPSA) is 26.3 Å². The third kappa shape index (κ3) is 27.5. The Balaban J connectivity index is 3.15. The Labute approximate surface area is 203 Å². The smallest absolute Gasteiger partial charge is 0.305 e. The minimum Gasteiger partial charge on any atom is -0.466 e. The van der Waals surface area contributed by atoms with Crippen molar-refractivity contribution in [3.05, 3.63) is 0 Å². The lowest BCUT2D eigenvalue weighted by Crippen LogP contribution is -2.05. The van der Waals surface area contributed by atoms with Crippen LogP contribution in [0.3, 0.4) is 0 Å². The second-order valence-electron chi connectivity index (χ2n) is 10.6. The fourth-order valence-corrected chi connectivity index (χ4v) is 4.44. The molecule has 32 heavy (non-hydrogen) atoms. The van der Waals surface area contributed by atoms with Gasteiger partial charge in [-0.3, -0.25) is 4.79 Å². The summed E-state index contributed by atoms with van der Waals surface area (Å²) in [5.41, 5.74) is 0. The second kappa shape index (κ2) is 26.7. The number of unbranched alkanes of at least 4 members (excludes halogenated alkanes) is 20. The lowest BCUT2D eigenvalue weighted by Gasteiger charge is -2.06. The van der Waals surface area contributed by atoms with Gasteiger partial charge in [-0.25, -0.2) is 0 Å². The summed E-state index contributed by atoms with van der Waals surface area (Å²) in [6.07, 6.45) is 31.4. The Morgan fingerprint density at radius 2 is 0.906 bits per heavy atom. The van der Waals surface area contributed by atoms with Crippen LogP contribution in [-0.4, -0.2) is 12.6 Å². The van der Waals surface area contributed by atoms with E-state index in [9.17, 15) is 4.79 Å². The van der Waals surface area contributed by atoms with Crippen molar-refractivity contribution in [3.8, 4) is 0 Å².